The summed E-state index contributed by atoms with van der Waals surface area (Å²) in [5, 5.41) is 3.42. The number of anilines is 1. The predicted octanol–water partition coefficient (Wildman–Crippen LogP) is 6.58. The van der Waals surface area contributed by atoms with Crippen LogP contribution in [-0.2, 0) is 0 Å². The van der Waals surface area contributed by atoms with Gasteiger partial charge in [0.25, 0.3) is 0 Å². The first-order valence-corrected chi connectivity index (χ1v) is 10.2. The van der Waals surface area contributed by atoms with Crippen LogP contribution < -0.4 is 5.32 Å². The number of para-hydroxylation sites is 1. The molecule has 0 amide bonds. The zero-order valence-corrected chi connectivity index (χ0v) is 17.4. The smallest absolute Gasteiger partial charge is 0.0587 e. The van der Waals surface area contributed by atoms with Gasteiger partial charge in [-0.1, -0.05) is 57.2 Å². The van der Waals surface area contributed by atoms with Crippen LogP contribution >= 0.6 is 12.6 Å². The molecule has 0 spiro atoms. The summed E-state index contributed by atoms with van der Waals surface area (Å²) in [4.78, 5) is 4.72. The quantitative estimate of drug-likeness (QED) is 0.439. The van der Waals surface area contributed by atoms with Gasteiger partial charge < -0.3 is 5.32 Å². The van der Waals surface area contributed by atoms with E-state index >= 15 is 0 Å². The third-order valence-electron chi connectivity index (χ3n) is 5.21. The average Bonchev–Trinajstić information content (AvgIpc) is 2.66. The van der Waals surface area contributed by atoms with Crippen molar-refractivity contribution in [1.29, 1.82) is 0 Å². The largest absolute Gasteiger partial charge is 0.361 e. The molecule has 0 heterocycles. The SMILES string of the molecule is CC1C=CC(N=CC2=C/C(=C/Nc3ccccc3)CC(C(C)(C)S)C2)=CC1. The van der Waals surface area contributed by atoms with Crippen molar-refractivity contribution in [2.45, 2.75) is 44.8 Å². The molecule has 2 aliphatic carbocycles. The standard InChI is InChI=1S/C24H30N2S/c1-18-9-11-23(12-10-18)26-17-20-13-19(14-21(15-20)24(2,3)27)16-25-22-7-5-4-6-8-22/h4-9,11-13,16-18,21,25,27H,10,14-15H2,1-3H3/b19-16-,26-17?. The first-order chi connectivity index (χ1) is 12.9. The van der Waals surface area contributed by atoms with Crippen LogP contribution in [0.1, 0.15) is 40.0 Å². The van der Waals surface area contributed by atoms with Crippen LogP contribution in [0.25, 0.3) is 0 Å². The van der Waals surface area contributed by atoms with E-state index in [9.17, 15) is 0 Å². The first kappa shape index (κ1) is 19.8. The van der Waals surface area contributed by atoms with Crippen LogP contribution in [0.2, 0.25) is 0 Å². The summed E-state index contributed by atoms with van der Waals surface area (Å²) in [6, 6.07) is 10.3. The Bertz CT molecular complexity index is 791. The minimum Gasteiger partial charge on any atom is -0.361 e. The van der Waals surface area contributed by atoms with Crippen molar-refractivity contribution >= 4 is 24.5 Å². The molecule has 2 unspecified atom stereocenters. The fourth-order valence-electron chi connectivity index (χ4n) is 3.37. The molecule has 0 aliphatic heterocycles. The van der Waals surface area contributed by atoms with Crippen LogP contribution in [0.5, 0.6) is 0 Å². The van der Waals surface area contributed by atoms with Crippen LogP contribution in [0.15, 0.2) is 82.7 Å². The Kier molecular flexibility index (Phi) is 6.43. The van der Waals surface area contributed by atoms with Gasteiger partial charge in [-0.3, -0.25) is 4.99 Å². The number of rotatable bonds is 5. The third kappa shape index (κ3) is 6.00. The Balaban J connectivity index is 1.77. The maximum atomic E-state index is 4.85. The minimum atomic E-state index is -0.0291. The molecule has 0 fully saturated rings. The second-order valence-electron chi connectivity index (χ2n) is 8.17. The van der Waals surface area contributed by atoms with Gasteiger partial charge in [0.05, 0.1) is 5.70 Å². The molecule has 1 aromatic rings. The van der Waals surface area contributed by atoms with Gasteiger partial charge >= 0.3 is 0 Å². The Morgan fingerprint density at radius 2 is 1.96 bits per heavy atom. The molecular formula is C24H30N2S. The molecule has 3 heteroatoms. The van der Waals surface area contributed by atoms with Crippen molar-refractivity contribution in [3.63, 3.8) is 0 Å². The molecule has 2 aliphatic rings. The molecule has 0 saturated heterocycles. The van der Waals surface area contributed by atoms with Gasteiger partial charge in [0.1, 0.15) is 0 Å². The topological polar surface area (TPSA) is 24.4 Å². The fraction of sp³-hybridized carbons (Fsp3) is 0.375. The number of allylic oxidation sites excluding steroid dienone is 6. The lowest BCUT2D eigenvalue weighted by Crippen LogP contribution is -2.28. The number of nitrogens with one attached hydrogen (secondary N) is 1. The van der Waals surface area contributed by atoms with Crippen LogP contribution in [0, 0.1) is 11.8 Å². The highest BCUT2D eigenvalue weighted by Crippen LogP contribution is 2.38. The molecule has 0 saturated carbocycles. The number of nitrogens with zero attached hydrogens (tertiary/aromatic N) is 1. The molecule has 0 bridgehead atoms. The second kappa shape index (κ2) is 8.79. The highest BCUT2D eigenvalue weighted by atomic mass is 32.1. The summed E-state index contributed by atoms with van der Waals surface area (Å²) in [5.41, 5.74) is 4.73. The summed E-state index contributed by atoms with van der Waals surface area (Å²) >= 11 is 4.85. The first-order valence-electron chi connectivity index (χ1n) is 9.76. The summed E-state index contributed by atoms with van der Waals surface area (Å²) in [5.74, 6) is 1.10. The molecule has 2 atom stereocenters. The maximum absolute atomic E-state index is 4.85. The van der Waals surface area contributed by atoms with E-state index in [0.717, 1.165) is 30.6 Å². The molecule has 27 heavy (non-hydrogen) atoms. The van der Waals surface area contributed by atoms with Gasteiger partial charge in [0.2, 0.25) is 0 Å². The number of aliphatic imine (C=N–C) groups is 1. The highest BCUT2D eigenvalue weighted by Gasteiger charge is 2.29. The Hall–Kier alpha value is -2.00. The zero-order chi connectivity index (χ0) is 19.3. The molecule has 2 nitrogen and oxygen atoms in total. The molecular weight excluding hydrogens is 348 g/mol. The van der Waals surface area contributed by atoms with Crippen molar-refractivity contribution < 1.29 is 0 Å². The van der Waals surface area contributed by atoms with Gasteiger partial charge in [-0.15, -0.1) is 0 Å². The van der Waals surface area contributed by atoms with Gasteiger partial charge in [-0.25, -0.2) is 0 Å². The minimum absolute atomic E-state index is 0.0291. The predicted molar refractivity (Wildman–Crippen MR) is 122 cm³/mol. The second-order valence-corrected chi connectivity index (χ2v) is 9.32. The molecule has 1 N–H and O–H groups in total. The van der Waals surface area contributed by atoms with Crippen molar-refractivity contribution in [1.82, 2.24) is 0 Å². The monoisotopic (exact) mass is 378 g/mol. The van der Waals surface area contributed by atoms with E-state index in [1.165, 1.54) is 11.1 Å². The third-order valence-corrected chi connectivity index (χ3v) is 5.57. The zero-order valence-electron chi connectivity index (χ0n) is 16.5. The fourth-order valence-corrected chi connectivity index (χ4v) is 3.55. The molecule has 142 valence electrons. The lowest BCUT2D eigenvalue weighted by Gasteiger charge is -2.33. The number of hydrogen-bond donors (Lipinski definition) is 2. The number of hydrogen-bond acceptors (Lipinski definition) is 3. The summed E-state index contributed by atoms with van der Waals surface area (Å²) in [6.07, 6.45) is 16.1. The summed E-state index contributed by atoms with van der Waals surface area (Å²) < 4.78 is -0.0291. The molecule has 0 radical (unpaired) electrons. The number of thiol groups is 1. The van der Waals surface area contributed by atoms with Crippen molar-refractivity contribution in [2.75, 3.05) is 5.32 Å². The highest BCUT2D eigenvalue weighted by molar-refractivity contribution is 7.81. The van der Waals surface area contributed by atoms with E-state index in [0.29, 0.717) is 11.8 Å². The van der Waals surface area contributed by atoms with Crippen molar-refractivity contribution in [3.8, 4) is 0 Å². The Morgan fingerprint density at radius 1 is 1.19 bits per heavy atom. The average molecular weight is 379 g/mol. The van der Waals surface area contributed by atoms with Gasteiger partial charge in [-0.2, -0.15) is 12.6 Å². The van der Waals surface area contributed by atoms with Gasteiger partial charge in [0.15, 0.2) is 0 Å². The molecule has 1 aromatic carbocycles. The van der Waals surface area contributed by atoms with Crippen LogP contribution in [0.3, 0.4) is 0 Å². The van der Waals surface area contributed by atoms with E-state index in [2.05, 4.69) is 68.7 Å². The maximum Gasteiger partial charge on any atom is 0.0587 e. The summed E-state index contributed by atoms with van der Waals surface area (Å²) in [7, 11) is 0. The molecule has 0 aromatic heterocycles. The van der Waals surface area contributed by atoms with E-state index < -0.39 is 0 Å². The Morgan fingerprint density at radius 3 is 2.63 bits per heavy atom. The van der Waals surface area contributed by atoms with E-state index in [1.807, 2.05) is 24.4 Å². The van der Waals surface area contributed by atoms with E-state index in [4.69, 9.17) is 17.6 Å². The van der Waals surface area contributed by atoms with Crippen molar-refractivity contribution in [3.05, 3.63) is 77.7 Å². The molecule has 3 rings (SSSR count). The van der Waals surface area contributed by atoms with Crippen LogP contribution in [-0.4, -0.2) is 11.0 Å². The normalized spacial score (nSPS) is 24.8. The van der Waals surface area contributed by atoms with Crippen molar-refractivity contribution in [2.24, 2.45) is 16.8 Å². The van der Waals surface area contributed by atoms with Gasteiger partial charge in [-0.05, 0) is 60.5 Å². The van der Waals surface area contributed by atoms with Crippen LogP contribution in [0.4, 0.5) is 5.69 Å². The summed E-state index contributed by atoms with van der Waals surface area (Å²) in [6.45, 7) is 6.64. The van der Waals surface area contributed by atoms with E-state index in [1.54, 1.807) is 0 Å². The van der Waals surface area contributed by atoms with E-state index in [-0.39, 0.29) is 4.75 Å². The lowest BCUT2D eigenvalue weighted by atomic mass is 9.79. The lowest BCUT2D eigenvalue weighted by molar-refractivity contribution is 0.417. The number of benzene rings is 1. The Labute approximate surface area is 169 Å². The van der Waals surface area contributed by atoms with Gasteiger partial charge in [0, 0.05) is 22.8 Å².